The summed E-state index contributed by atoms with van der Waals surface area (Å²) in [5, 5.41) is 11.0. The van der Waals surface area contributed by atoms with Gasteiger partial charge >= 0.3 is 0 Å². The van der Waals surface area contributed by atoms with E-state index in [1.807, 2.05) is 36.1 Å². The van der Waals surface area contributed by atoms with Gasteiger partial charge in [-0.2, -0.15) is 5.10 Å². The number of methoxy groups -OCH3 is 1. The Morgan fingerprint density at radius 1 is 1.27 bits per heavy atom. The van der Waals surface area contributed by atoms with Crippen LogP contribution >= 0.6 is 0 Å². The second-order valence-corrected chi connectivity index (χ2v) is 6.43. The zero-order valence-corrected chi connectivity index (χ0v) is 16.3. The number of aromatic nitrogens is 2. The first-order valence-corrected chi connectivity index (χ1v) is 9.27. The Hall–Kier alpha value is -2.50. The van der Waals surface area contributed by atoms with Crippen LogP contribution in [0.25, 0.3) is 0 Å². The molecule has 0 spiro atoms. The molecule has 2 N–H and O–H groups in total. The zero-order chi connectivity index (χ0) is 18.8. The van der Waals surface area contributed by atoms with Gasteiger partial charge in [-0.25, -0.2) is 0 Å². The third kappa shape index (κ3) is 6.43. The Bertz CT molecular complexity index is 678. The SMILES string of the molecule is CCNC(=NCCC(C)c1ccc(OC)cc1)NCCn1cc(C)cn1. The minimum absolute atomic E-state index is 0.458. The second kappa shape index (κ2) is 10.5. The first-order chi connectivity index (χ1) is 12.6. The van der Waals surface area contributed by atoms with Crippen LogP contribution in [0.1, 0.15) is 37.3 Å². The van der Waals surface area contributed by atoms with Gasteiger partial charge < -0.3 is 15.4 Å². The molecule has 0 saturated carbocycles. The predicted molar refractivity (Wildman–Crippen MR) is 107 cm³/mol. The van der Waals surface area contributed by atoms with E-state index in [2.05, 4.69) is 46.7 Å². The zero-order valence-electron chi connectivity index (χ0n) is 16.3. The number of aryl methyl sites for hydroxylation is 1. The lowest BCUT2D eigenvalue weighted by Gasteiger charge is -2.13. The van der Waals surface area contributed by atoms with Gasteiger partial charge in [-0.3, -0.25) is 9.67 Å². The Morgan fingerprint density at radius 3 is 2.65 bits per heavy atom. The van der Waals surface area contributed by atoms with E-state index in [9.17, 15) is 0 Å². The highest BCUT2D eigenvalue weighted by Gasteiger charge is 2.06. The molecular formula is C20H31N5O. The van der Waals surface area contributed by atoms with Crippen molar-refractivity contribution >= 4 is 5.96 Å². The summed E-state index contributed by atoms with van der Waals surface area (Å²) in [6.07, 6.45) is 4.92. The molecule has 1 heterocycles. The van der Waals surface area contributed by atoms with Crippen LogP contribution in [-0.2, 0) is 6.54 Å². The minimum Gasteiger partial charge on any atom is -0.497 e. The molecule has 0 radical (unpaired) electrons. The molecule has 1 aromatic heterocycles. The highest BCUT2D eigenvalue weighted by molar-refractivity contribution is 5.79. The Kier molecular flexibility index (Phi) is 7.99. The summed E-state index contributed by atoms with van der Waals surface area (Å²) in [6.45, 7) is 9.60. The number of hydrogen-bond acceptors (Lipinski definition) is 3. The van der Waals surface area contributed by atoms with Gasteiger partial charge in [-0.1, -0.05) is 19.1 Å². The van der Waals surface area contributed by atoms with Crippen LogP contribution in [0.2, 0.25) is 0 Å². The van der Waals surface area contributed by atoms with Crippen LogP contribution in [0.15, 0.2) is 41.7 Å². The van der Waals surface area contributed by atoms with Gasteiger partial charge in [-0.05, 0) is 49.4 Å². The maximum Gasteiger partial charge on any atom is 0.191 e. The first-order valence-electron chi connectivity index (χ1n) is 9.27. The average molecular weight is 358 g/mol. The van der Waals surface area contributed by atoms with Gasteiger partial charge in [0, 0.05) is 25.8 Å². The third-order valence-electron chi connectivity index (χ3n) is 4.26. The van der Waals surface area contributed by atoms with Crippen molar-refractivity contribution in [2.45, 2.75) is 39.7 Å². The standard InChI is InChI=1S/C20H31N5O/c1-5-21-20(23-12-13-25-15-16(2)14-24-25)22-11-10-17(3)18-6-8-19(26-4)9-7-18/h6-9,14-15,17H,5,10-13H2,1-4H3,(H2,21,22,23). The van der Waals surface area contributed by atoms with E-state index >= 15 is 0 Å². The highest BCUT2D eigenvalue weighted by Crippen LogP contribution is 2.21. The summed E-state index contributed by atoms with van der Waals surface area (Å²) in [5.41, 5.74) is 2.49. The molecule has 2 aromatic rings. The molecule has 142 valence electrons. The van der Waals surface area contributed by atoms with Crippen molar-refractivity contribution in [2.24, 2.45) is 4.99 Å². The molecular weight excluding hydrogens is 326 g/mol. The monoisotopic (exact) mass is 357 g/mol. The normalized spacial score (nSPS) is 12.7. The summed E-state index contributed by atoms with van der Waals surface area (Å²) in [4.78, 5) is 4.69. The summed E-state index contributed by atoms with van der Waals surface area (Å²) in [6, 6.07) is 8.28. The molecule has 0 amide bonds. The lowest BCUT2D eigenvalue weighted by molar-refractivity contribution is 0.414. The van der Waals surface area contributed by atoms with Crippen LogP contribution in [0.4, 0.5) is 0 Å². The van der Waals surface area contributed by atoms with Gasteiger partial charge in [0.05, 0.1) is 19.9 Å². The van der Waals surface area contributed by atoms with Crippen LogP contribution in [0.3, 0.4) is 0 Å². The molecule has 0 saturated heterocycles. The Labute approximate surface area is 156 Å². The van der Waals surface area contributed by atoms with Gasteiger partial charge in [0.15, 0.2) is 5.96 Å². The molecule has 0 fully saturated rings. The Balaban J connectivity index is 1.79. The molecule has 0 aliphatic rings. The van der Waals surface area contributed by atoms with Crippen molar-refractivity contribution in [3.05, 3.63) is 47.8 Å². The van der Waals surface area contributed by atoms with E-state index in [1.165, 1.54) is 11.1 Å². The second-order valence-electron chi connectivity index (χ2n) is 6.43. The van der Waals surface area contributed by atoms with Crippen LogP contribution in [0, 0.1) is 6.92 Å². The van der Waals surface area contributed by atoms with E-state index in [0.717, 1.165) is 44.3 Å². The molecule has 0 aliphatic carbocycles. The van der Waals surface area contributed by atoms with E-state index in [4.69, 9.17) is 4.74 Å². The number of nitrogens with zero attached hydrogens (tertiary/aromatic N) is 3. The molecule has 1 unspecified atom stereocenters. The number of benzene rings is 1. The molecule has 1 aromatic carbocycles. The largest absolute Gasteiger partial charge is 0.497 e. The number of hydrogen-bond donors (Lipinski definition) is 2. The lowest BCUT2D eigenvalue weighted by Crippen LogP contribution is -2.39. The molecule has 6 nitrogen and oxygen atoms in total. The number of nitrogens with one attached hydrogen (secondary N) is 2. The fraction of sp³-hybridized carbons (Fsp3) is 0.500. The molecule has 0 aliphatic heterocycles. The van der Waals surface area contributed by atoms with Crippen molar-refractivity contribution in [1.29, 1.82) is 0 Å². The van der Waals surface area contributed by atoms with Crippen molar-refractivity contribution in [1.82, 2.24) is 20.4 Å². The third-order valence-corrected chi connectivity index (χ3v) is 4.26. The van der Waals surface area contributed by atoms with Crippen molar-refractivity contribution in [3.8, 4) is 5.75 Å². The first kappa shape index (κ1) is 19.8. The van der Waals surface area contributed by atoms with Crippen LogP contribution in [0.5, 0.6) is 5.75 Å². The van der Waals surface area contributed by atoms with Gasteiger partial charge in [-0.15, -0.1) is 0 Å². The van der Waals surface area contributed by atoms with E-state index < -0.39 is 0 Å². The van der Waals surface area contributed by atoms with Crippen molar-refractivity contribution in [3.63, 3.8) is 0 Å². The highest BCUT2D eigenvalue weighted by atomic mass is 16.5. The van der Waals surface area contributed by atoms with E-state index in [1.54, 1.807) is 7.11 Å². The van der Waals surface area contributed by atoms with Gasteiger partial charge in [0.25, 0.3) is 0 Å². The maximum atomic E-state index is 5.21. The molecule has 6 heteroatoms. The molecule has 1 atom stereocenters. The molecule has 0 bridgehead atoms. The topological polar surface area (TPSA) is 63.5 Å². The maximum absolute atomic E-state index is 5.21. The number of rotatable bonds is 9. The van der Waals surface area contributed by atoms with Crippen molar-refractivity contribution in [2.75, 3.05) is 26.7 Å². The smallest absolute Gasteiger partial charge is 0.191 e. The fourth-order valence-corrected chi connectivity index (χ4v) is 2.69. The average Bonchev–Trinajstić information content (AvgIpc) is 3.07. The van der Waals surface area contributed by atoms with E-state index in [0.29, 0.717) is 5.92 Å². The summed E-state index contributed by atoms with van der Waals surface area (Å²) >= 11 is 0. The number of guanidine groups is 1. The number of aliphatic imine (C=N–C) groups is 1. The van der Waals surface area contributed by atoms with Crippen LogP contribution < -0.4 is 15.4 Å². The van der Waals surface area contributed by atoms with E-state index in [-0.39, 0.29) is 0 Å². The molecule has 26 heavy (non-hydrogen) atoms. The predicted octanol–water partition coefficient (Wildman–Crippen LogP) is 2.95. The van der Waals surface area contributed by atoms with Gasteiger partial charge in [0.1, 0.15) is 5.75 Å². The fourth-order valence-electron chi connectivity index (χ4n) is 2.69. The number of ether oxygens (including phenoxy) is 1. The summed E-state index contributed by atoms with van der Waals surface area (Å²) in [7, 11) is 1.69. The summed E-state index contributed by atoms with van der Waals surface area (Å²) < 4.78 is 7.16. The minimum atomic E-state index is 0.458. The lowest BCUT2D eigenvalue weighted by atomic mass is 9.98. The Morgan fingerprint density at radius 2 is 2.04 bits per heavy atom. The quantitative estimate of drug-likeness (QED) is 0.535. The molecule has 2 rings (SSSR count). The van der Waals surface area contributed by atoms with Crippen molar-refractivity contribution < 1.29 is 4.74 Å². The van der Waals surface area contributed by atoms with Gasteiger partial charge in [0.2, 0.25) is 0 Å². The van der Waals surface area contributed by atoms with Crippen LogP contribution in [-0.4, -0.2) is 42.5 Å². The summed E-state index contributed by atoms with van der Waals surface area (Å²) in [5.74, 6) is 2.21.